The quantitative estimate of drug-likeness (QED) is 0.233. The molecule has 0 aliphatic heterocycles. The van der Waals surface area contributed by atoms with Crippen LogP contribution in [0.25, 0.3) is 11.2 Å². The molecule has 40 heavy (non-hydrogen) atoms. The normalized spacial score (nSPS) is 18.1. The Hall–Kier alpha value is -1.70. The number of methoxy groups -OCH3 is 1. The number of aromatic nitrogens is 4. The molecule has 0 radical (unpaired) electrons. The maximum atomic E-state index is 13.4. The number of imidazole rings is 1. The first-order chi connectivity index (χ1) is 18.6. The number of carbonyl (C=O) groups is 2. The fourth-order valence-corrected chi connectivity index (χ4v) is 6.75. The van der Waals surface area contributed by atoms with E-state index in [1.165, 1.54) is 7.11 Å². The number of anilines is 1. The third-order valence-corrected chi connectivity index (χ3v) is 9.98. The van der Waals surface area contributed by atoms with Crippen molar-refractivity contribution in [2.24, 2.45) is 16.7 Å². The summed E-state index contributed by atoms with van der Waals surface area (Å²) in [6.07, 6.45) is 3.17. The highest BCUT2D eigenvalue weighted by molar-refractivity contribution is 8.14. The van der Waals surface area contributed by atoms with E-state index >= 15 is 0 Å². The highest BCUT2D eigenvalue weighted by Crippen LogP contribution is 2.52. The first kappa shape index (κ1) is 32.8. The van der Waals surface area contributed by atoms with Crippen LogP contribution in [-0.4, -0.2) is 68.2 Å². The second-order valence-electron chi connectivity index (χ2n) is 11.6. The molecule has 0 bridgehead atoms. The van der Waals surface area contributed by atoms with Crippen LogP contribution in [0.4, 0.5) is 5.95 Å². The maximum absolute atomic E-state index is 13.4. The molecule has 15 heteroatoms. The molecule has 224 valence electrons. The summed E-state index contributed by atoms with van der Waals surface area (Å²) in [6, 6.07) is 0.110. The standard InChI is InChI=1S/C25H40N5O7PS2/c1-24(2,3)21(31)39-10-8-35-38(33,36-9-11-40-22(32)25(4,5)6)37-14-16-12-17(13-16)30-15-27-18-19(30)28-23(26)29-20(18)34-7/h15-17H,8-14H2,1-7H3,(H2,26,28,29). The smallest absolute Gasteiger partial charge is 0.474 e. The van der Waals surface area contributed by atoms with Gasteiger partial charge >= 0.3 is 7.82 Å². The van der Waals surface area contributed by atoms with Crippen LogP contribution in [0.5, 0.6) is 5.88 Å². The third-order valence-electron chi connectivity index (χ3n) is 6.03. The summed E-state index contributed by atoms with van der Waals surface area (Å²) in [6.45, 7) is 11.3. The molecule has 0 atom stereocenters. The molecule has 1 aliphatic carbocycles. The van der Waals surface area contributed by atoms with Crippen molar-refractivity contribution in [3.05, 3.63) is 6.33 Å². The van der Waals surface area contributed by atoms with Crippen LogP contribution in [0.15, 0.2) is 6.33 Å². The van der Waals surface area contributed by atoms with Crippen LogP contribution in [0.2, 0.25) is 0 Å². The van der Waals surface area contributed by atoms with Crippen molar-refractivity contribution >= 4 is 58.7 Å². The van der Waals surface area contributed by atoms with Gasteiger partial charge < -0.3 is 15.0 Å². The lowest BCUT2D eigenvalue weighted by Gasteiger charge is -2.36. The number of nitrogens with zero attached hydrogens (tertiary/aromatic N) is 4. The van der Waals surface area contributed by atoms with Crippen LogP contribution in [-0.2, 0) is 27.7 Å². The van der Waals surface area contributed by atoms with Crippen LogP contribution in [0.3, 0.4) is 0 Å². The number of hydrogen-bond donors (Lipinski definition) is 1. The van der Waals surface area contributed by atoms with Crippen molar-refractivity contribution in [2.75, 3.05) is 44.2 Å². The number of phosphoric acid groups is 1. The first-order valence-electron chi connectivity index (χ1n) is 13.0. The fourth-order valence-electron chi connectivity index (χ4n) is 3.69. The number of thioether (sulfide) groups is 2. The molecule has 2 N–H and O–H groups in total. The SMILES string of the molecule is COc1nc(N)nc2c1ncn2C1CC(COP(=O)(OCCSC(=O)C(C)(C)C)OCCSC(=O)C(C)(C)C)C1. The number of carbonyl (C=O) groups excluding carboxylic acids is 2. The van der Waals surface area contributed by atoms with E-state index in [1.54, 1.807) is 6.33 Å². The van der Waals surface area contributed by atoms with Gasteiger partial charge in [0.05, 0.1) is 33.3 Å². The van der Waals surface area contributed by atoms with E-state index in [0.29, 0.717) is 28.5 Å². The molecular formula is C25H40N5O7PS2. The molecule has 1 aliphatic rings. The average Bonchev–Trinajstić information content (AvgIpc) is 3.25. The van der Waals surface area contributed by atoms with E-state index in [0.717, 1.165) is 36.4 Å². The van der Waals surface area contributed by atoms with Crippen LogP contribution in [0.1, 0.15) is 60.4 Å². The zero-order valence-electron chi connectivity index (χ0n) is 24.2. The molecule has 0 saturated heterocycles. The second kappa shape index (κ2) is 13.5. The number of fused-ring (bicyclic) bond motifs is 1. The monoisotopic (exact) mass is 617 g/mol. The van der Waals surface area contributed by atoms with Gasteiger partial charge in [-0.25, -0.2) is 9.55 Å². The molecule has 0 unspecified atom stereocenters. The summed E-state index contributed by atoms with van der Waals surface area (Å²) < 4.78 is 37.5. The van der Waals surface area contributed by atoms with Gasteiger partial charge in [0.1, 0.15) is 0 Å². The van der Waals surface area contributed by atoms with Crippen LogP contribution >= 0.6 is 31.3 Å². The van der Waals surface area contributed by atoms with E-state index in [2.05, 4.69) is 15.0 Å². The Morgan fingerprint density at radius 2 is 1.55 bits per heavy atom. The van der Waals surface area contributed by atoms with Crippen molar-refractivity contribution in [2.45, 2.75) is 60.4 Å². The van der Waals surface area contributed by atoms with Crippen molar-refractivity contribution in [3.8, 4) is 5.88 Å². The molecule has 3 rings (SSSR count). The summed E-state index contributed by atoms with van der Waals surface area (Å²) in [4.78, 5) is 37.1. The van der Waals surface area contributed by atoms with E-state index in [9.17, 15) is 14.2 Å². The Balaban J connectivity index is 1.55. The number of rotatable bonds is 13. The molecule has 2 aromatic heterocycles. The molecular weight excluding hydrogens is 577 g/mol. The predicted octanol–water partition coefficient (Wildman–Crippen LogP) is 5.14. The largest absolute Gasteiger partial charge is 0.479 e. The summed E-state index contributed by atoms with van der Waals surface area (Å²) in [5.41, 5.74) is 5.98. The average molecular weight is 618 g/mol. The first-order valence-corrected chi connectivity index (χ1v) is 16.5. The Morgan fingerprint density at radius 3 is 2.05 bits per heavy atom. The van der Waals surface area contributed by atoms with Gasteiger partial charge in [-0.15, -0.1) is 0 Å². The van der Waals surface area contributed by atoms with E-state index in [1.807, 2.05) is 46.1 Å². The van der Waals surface area contributed by atoms with Crippen LogP contribution < -0.4 is 10.5 Å². The number of ether oxygens (including phenoxy) is 1. The Bertz CT molecular complexity index is 1200. The minimum absolute atomic E-state index is 0.0158. The van der Waals surface area contributed by atoms with Gasteiger partial charge in [0, 0.05) is 28.4 Å². The zero-order chi connectivity index (χ0) is 29.7. The van der Waals surface area contributed by atoms with Crippen molar-refractivity contribution in [1.82, 2.24) is 19.5 Å². The lowest BCUT2D eigenvalue weighted by atomic mass is 9.81. The zero-order valence-corrected chi connectivity index (χ0v) is 26.7. The minimum atomic E-state index is -3.91. The third kappa shape index (κ3) is 8.90. The van der Waals surface area contributed by atoms with Crippen molar-refractivity contribution < 1.29 is 32.5 Å². The highest BCUT2D eigenvalue weighted by Gasteiger charge is 2.36. The molecule has 1 saturated carbocycles. The van der Waals surface area contributed by atoms with Crippen molar-refractivity contribution in [3.63, 3.8) is 0 Å². The maximum Gasteiger partial charge on any atom is 0.474 e. The van der Waals surface area contributed by atoms with Gasteiger partial charge in [0.15, 0.2) is 21.4 Å². The van der Waals surface area contributed by atoms with Gasteiger partial charge in [-0.1, -0.05) is 65.1 Å². The van der Waals surface area contributed by atoms with Crippen LogP contribution in [0, 0.1) is 16.7 Å². The topological polar surface area (TPSA) is 158 Å². The fraction of sp³-hybridized carbons (Fsp3) is 0.720. The lowest BCUT2D eigenvalue weighted by Crippen LogP contribution is -2.30. The Kier molecular flexibility index (Phi) is 11.1. The summed E-state index contributed by atoms with van der Waals surface area (Å²) in [5, 5.41) is 0.0316. The summed E-state index contributed by atoms with van der Waals surface area (Å²) in [7, 11) is -2.41. The summed E-state index contributed by atoms with van der Waals surface area (Å²) >= 11 is 2.24. The minimum Gasteiger partial charge on any atom is -0.479 e. The molecule has 0 aromatic carbocycles. The number of hydrogen-bond acceptors (Lipinski definition) is 13. The van der Waals surface area contributed by atoms with Gasteiger partial charge in [-0.2, -0.15) is 9.97 Å². The number of phosphoric ester groups is 1. The van der Waals surface area contributed by atoms with Gasteiger partial charge in [-0.05, 0) is 18.8 Å². The highest BCUT2D eigenvalue weighted by atomic mass is 32.2. The van der Waals surface area contributed by atoms with E-state index in [-0.39, 0.29) is 48.0 Å². The van der Waals surface area contributed by atoms with Gasteiger partial charge in [-0.3, -0.25) is 23.2 Å². The number of nitrogens with two attached hydrogens (primary N) is 1. The molecule has 2 aromatic rings. The lowest BCUT2D eigenvalue weighted by molar-refractivity contribution is -0.118. The molecule has 2 heterocycles. The number of nitrogen functional groups attached to an aromatic ring is 1. The van der Waals surface area contributed by atoms with E-state index < -0.39 is 18.7 Å². The van der Waals surface area contributed by atoms with Gasteiger partial charge in [0.2, 0.25) is 11.8 Å². The van der Waals surface area contributed by atoms with E-state index in [4.69, 9.17) is 24.0 Å². The van der Waals surface area contributed by atoms with Crippen molar-refractivity contribution in [1.29, 1.82) is 0 Å². The second-order valence-corrected chi connectivity index (χ2v) is 15.4. The predicted molar refractivity (Wildman–Crippen MR) is 157 cm³/mol. The molecule has 0 spiro atoms. The molecule has 1 fully saturated rings. The Morgan fingerprint density at radius 1 is 1.00 bits per heavy atom. The summed E-state index contributed by atoms with van der Waals surface area (Å²) in [5.74, 6) is 1.17. The van der Waals surface area contributed by atoms with Gasteiger partial charge in [0.25, 0.3) is 0 Å². The Labute approximate surface area is 243 Å². The molecule has 0 amide bonds. The molecule has 12 nitrogen and oxygen atoms in total.